The van der Waals surface area contributed by atoms with E-state index in [0.29, 0.717) is 23.3 Å². The average Bonchev–Trinajstić information content (AvgIpc) is 2.38. The molecular weight excluding hydrogens is 234 g/mol. The number of ether oxygens (including phenoxy) is 2. The third kappa shape index (κ3) is 2.17. The van der Waals surface area contributed by atoms with Crippen molar-refractivity contribution in [3.8, 4) is 5.75 Å². The van der Waals surface area contributed by atoms with Gasteiger partial charge in [0.15, 0.2) is 5.82 Å². The van der Waals surface area contributed by atoms with Gasteiger partial charge in [-0.1, -0.05) is 0 Å². The first kappa shape index (κ1) is 12.1. The first-order chi connectivity index (χ1) is 8.65. The van der Waals surface area contributed by atoms with E-state index in [9.17, 15) is 4.79 Å². The summed E-state index contributed by atoms with van der Waals surface area (Å²) in [6.07, 6.45) is 0. The Morgan fingerprint density at radius 1 is 1.50 bits per heavy atom. The van der Waals surface area contributed by atoms with Gasteiger partial charge in [0.05, 0.1) is 24.6 Å². The van der Waals surface area contributed by atoms with Crippen LogP contribution < -0.4 is 10.3 Å². The van der Waals surface area contributed by atoms with Crippen LogP contribution in [-0.2, 0) is 4.74 Å². The normalized spacial score (nSPS) is 10.3. The van der Waals surface area contributed by atoms with Crippen LogP contribution in [0.1, 0.15) is 12.7 Å². The monoisotopic (exact) mass is 247 g/mol. The van der Waals surface area contributed by atoms with Crippen LogP contribution in [0.4, 0.5) is 0 Å². The summed E-state index contributed by atoms with van der Waals surface area (Å²) < 4.78 is 10.0. The van der Waals surface area contributed by atoms with Gasteiger partial charge in [-0.05, 0) is 25.1 Å². The van der Waals surface area contributed by atoms with Gasteiger partial charge in [-0.15, -0.1) is 0 Å². The molecule has 2 rings (SSSR count). The molecule has 6 nitrogen and oxygen atoms in total. The fraction of sp³-hybridized carbons (Fsp3) is 0.250. The van der Waals surface area contributed by atoms with Crippen molar-refractivity contribution in [3.05, 3.63) is 34.4 Å². The van der Waals surface area contributed by atoms with Crippen LogP contribution in [0.25, 0.3) is 10.9 Å². The first-order valence-electron chi connectivity index (χ1n) is 5.45. The molecule has 0 bridgehead atoms. The summed E-state index contributed by atoms with van der Waals surface area (Å²) in [6, 6.07) is 4.99. The number of nitrogens with zero attached hydrogens (tertiary/aromatic N) is 1. The fourth-order valence-electron chi connectivity index (χ4n) is 1.56. The molecule has 0 radical (unpaired) electrons. The highest BCUT2D eigenvalue weighted by atomic mass is 16.5. The highest BCUT2D eigenvalue weighted by Crippen LogP contribution is 2.16. The van der Waals surface area contributed by atoms with Crippen LogP contribution in [-0.4, -0.2) is 29.6 Å². The Balaban J connectivity index is 2.57. The Kier molecular flexibility index (Phi) is 3.27. The lowest BCUT2D eigenvalue weighted by Crippen LogP contribution is -2.17. The van der Waals surface area contributed by atoms with E-state index in [0.717, 1.165) is 0 Å². The van der Waals surface area contributed by atoms with Crippen LogP contribution >= 0.6 is 0 Å². The summed E-state index contributed by atoms with van der Waals surface area (Å²) in [5.41, 5.74) is 0.178. The molecule has 1 heterocycles. The molecule has 2 aromatic rings. The third-order valence-electron chi connectivity index (χ3n) is 2.42. The van der Waals surface area contributed by atoms with Gasteiger partial charge in [0.2, 0.25) is 5.90 Å². The number of nitrogens with one attached hydrogen (secondary N) is 2. The van der Waals surface area contributed by atoms with E-state index in [1.54, 1.807) is 25.1 Å². The smallest absolute Gasteiger partial charge is 0.259 e. The quantitative estimate of drug-likeness (QED) is 0.632. The summed E-state index contributed by atoms with van der Waals surface area (Å²) in [5, 5.41) is 8.02. The first-order valence-corrected chi connectivity index (χ1v) is 5.45. The van der Waals surface area contributed by atoms with Crippen molar-refractivity contribution in [3.63, 3.8) is 0 Å². The van der Waals surface area contributed by atoms with Gasteiger partial charge in [0, 0.05) is 0 Å². The van der Waals surface area contributed by atoms with E-state index in [4.69, 9.17) is 14.9 Å². The number of H-pyrrole nitrogens is 1. The van der Waals surface area contributed by atoms with E-state index in [-0.39, 0.29) is 17.3 Å². The minimum Gasteiger partial charge on any atom is -0.497 e. The zero-order chi connectivity index (χ0) is 13.1. The molecule has 1 aromatic carbocycles. The molecular formula is C12H13N3O3. The van der Waals surface area contributed by atoms with Crippen molar-refractivity contribution in [2.24, 2.45) is 0 Å². The van der Waals surface area contributed by atoms with Crippen molar-refractivity contribution in [1.29, 1.82) is 5.41 Å². The molecule has 94 valence electrons. The topological polar surface area (TPSA) is 88.1 Å². The molecule has 2 N–H and O–H groups in total. The van der Waals surface area contributed by atoms with Crippen molar-refractivity contribution < 1.29 is 9.47 Å². The van der Waals surface area contributed by atoms with E-state index < -0.39 is 0 Å². The van der Waals surface area contributed by atoms with Gasteiger partial charge in [-0.3, -0.25) is 10.2 Å². The minimum absolute atomic E-state index is 0.125. The molecule has 1 aromatic heterocycles. The lowest BCUT2D eigenvalue weighted by Gasteiger charge is -2.06. The number of aromatic nitrogens is 2. The summed E-state index contributed by atoms with van der Waals surface area (Å²) in [5.74, 6) is 0.564. The molecule has 0 aliphatic rings. The second kappa shape index (κ2) is 4.87. The summed E-state index contributed by atoms with van der Waals surface area (Å²) in [7, 11) is 1.53. The van der Waals surface area contributed by atoms with Crippen LogP contribution in [0.15, 0.2) is 23.0 Å². The van der Waals surface area contributed by atoms with Crippen LogP contribution in [0, 0.1) is 5.41 Å². The molecule has 0 atom stereocenters. The average molecular weight is 247 g/mol. The SMILES string of the molecule is CCOC(=N)c1nc2ccc(OC)cc2c(=O)[nH]1. The van der Waals surface area contributed by atoms with E-state index in [1.165, 1.54) is 7.11 Å². The second-order valence-corrected chi connectivity index (χ2v) is 3.56. The Hall–Kier alpha value is -2.37. The third-order valence-corrected chi connectivity index (χ3v) is 2.42. The van der Waals surface area contributed by atoms with Gasteiger partial charge < -0.3 is 14.5 Å². The van der Waals surface area contributed by atoms with Crippen molar-refractivity contribution in [2.45, 2.75) is 6.92 Å². The molecule has 6 heteroatoms. The maximum Gasteiger partial charge on any atom is 0.259 e. The Bertz CT molecular complexity index is 649. The Morgan fingerprint density at radius 2 is 2.28 bits per heavy atom. The Labute approximate surface area is 103 Å². The highest BCUT2D eigenvalue weighted by molar-refractivity contribution is 5.90. The van der Waals surface area contributed by atoms with E-state index >= 15 is 0 Å². The minimum atomic E-state index is -0.321. The lowest BCUT2D eigenvalue weighted by molar-refractivity contribution is 0.323. The van der Waals surface area contributed by atoms with Crippen LogP contribution in [0.3, 0.4) is 0 Å². The van der Waals surface area contributed by atoms with Crippen LogP contribution in [0.2, 0.25) is 0 Å². The van der Waals surface area contributed by atoms with Gasteiger partial charge >= 0.3 is 0 Å². The number of benzene rings is 1. The van der Waals surface area contributed by atoms with Gasteiger partial charge in [-0.2, -0.15) is 0 Å². The van der Waals surface area contributed by atoms with Crippen molar-refractivity contribution in [2.75, 3.05) is 13.7 Å². The maximum absolute atomic E-state index is 11.9. The molecule has 0 fully saturated rings. The molecule has 0 aliphatic heterocycles. The van der Waals surface area contributed by atoms with E-state index in [2.05, 4.69) is 9.97 Å². The zero-order valence-electron chi connectivity index (χ0n) is 10.1. The molecule has 0 spiro atoms. The van der Waals surface area contributed by atoms with Gasteiger partial charge in [-0.25, -0.2) is 4.98 Å². The number of fused-ring (bicyclic) bond motifs is 1. The molecule has 0 aliphatic carbocycles. The van der Waals surface area contributed by atoms with Gasteiger partial charge in [0.1, 0.15) is 5.75 Å². The number of hydrogen-bond acceptors (Lipinski definition) is 5. The number of methoxy groups -OCH3 is 1. The summed E-state index contributed by atoms with van der Waals surface area (Å²) in [6.45, 7) is 2.11. The maximum atomic E-state index is 11.9. The Morgan fingerprint density at radius 3 is 2.94 bits per heavy atom. The van der Waals surface area contributed by atoms with Crippen molar-refractivity contribution >= 4 is 16.8 Å². The molecule has 0 unspecified atom stereocenters. The number of hydrogen-bond donors (Lipinski definition) is 2. The molecule has 0 saturated heterocycles. The largest absolute Gasteiger partial charge is 0.497 e. The lowest BCUT2D eigenvalue weighted by atomic mass is 10.2. The zero-order valence-corrected chi connectivity index (χ0v) is 10.1. The molecule has 0 amide bonds. The standard InChI is InChI=1S/C12H13N3O3/c1-3-18-10(13)11-14-9-5-4-7(17-2)6-8(9)12(16)15-11/h4-6,13H,3H2,1-2H3,(H,14,15,16). The predicted molar refractivity (Wildman–Crippen MR) is 67.4 cm³/mol. The predicted octanol–water partition coefficient (Wildman–Crippen LogP) is 1.29. The van der Waals surface area contributed by atoms with E-state index in [1.807, 2.05) is 0 Å². The number of rotatable bonds is 3. The van der Waals surface area contributed by atoms with Crippen LogP contribution in [0.5, 0.6) is 5.75 Å². The fourth-order valence-corrected chi connectivity index (χ4v) is 1.56. The molecule has 18 heavy (non-hydrogen) atoms. The van der Waals surface area contributed by atoms with Gasteiger partial charge in [0.25, 0.3) is 5.56 Å². The molecule has 0 saturated carbocycles. The second-order valence-electron chi connectivity index (χ2n) is 3.56. The summed E-state index contributed by atoms with van der Waals surface area (Å²) in [4.78, 5) is 18.6. The highest BCUT2D eigenvalue weighted by Gasteiger charge is 2.09. The summed E-state index contributed by atoms with van der Waals surface area (Å²) >= 11 is 0. The van der Waals surface area contributed by atoms with Crippen molar-refractivity contribution in [1.82, 2.24) is 9.97 Å². The number of aromatic amines is 1.